The van der Waals surface area contributed by atoms with Gasteiger partial charge in [-0.3, -0.25) is 4.79 Å². The predicted molar refractivity (Wildman–Crippen MR) is 139 cm³/mol. The van der Waals surface area contributed by atoms with Crippen LogP contribution in [0.1, 0.15) is 28.5 Å². The molecular formula is C28H31N5O2. The summed E-state index contributed by atoms with van der Waals surface area (Å²) in [6.45, 7) is 9.62. The van der Waals surface area contributed by atoms with Gasteiger partial charge in [-0.1, -0.05) is 31.2 Å². The van der Waals surface area contributed by atoms with Gasteiger partial charge in [-0.25, -0.2) is 4.98 Å². The van der Waals surface area contributed by atoms with E-state index in [0.29, 0.717) is 17.9 Å². The Bertz CT molecular complexity index is 1320. The quantitative estimate of drug-likeness (QED) is 0.428. The summed E-state index contributed by atoms with van der Waals surface area (Å²) in [7, 11) is 0. The number of anilines is 2. The molecule has 1 N–H and O–H groups in total. The summed E-state index contributed by atoms with van der Waals surface area (Å²) in [6, 6.07) is 19.3. The van der Waals surface area contributed by atoms with Crippen molar-refractivity contribution >= 4 is 22.9 Å². The molecule has 35 heavy (non-hydrogen) atoms. The summed E-state index contributed by atoms with van der Waals surface area (Å²) < 4.78 is 7.96. The van der Waals surface area contributed by atoms with Crippen LogP contribution in [0.2, 0.25) is 0 Å². The van der Waals surface area contributed by atoms with Crippen LogP contribution in [0.25, 0.3) is 5.65 Å². The third kappa shape index (κ3) is 5.30. The van der Waals surface area contributed by atoms with Gasteiger partial charge in [0.25, 0.3) is 5.91 Å². The summed E-state index contributed by atoms with van der Waals surface area (Å²) in [4.78, 5) is 22.5. The number of ether oxygens (including phenoxy) is 1. The zero-order valence-corrected chi connectivity index (χ0v) is 20.3. The number of nitrogens with one attached hydrogen (secondary N) is 1. The molecule has 7 heteroatoms. The maximum Gasteiger partial charge on any atom is 0.255 e. The molecule has 1 aliphatic rings. The Hall–Kier alpha value is -3.84. The van der Waals surface area contributed by atoms with E-state index in [2.05, 4.69) is 40.0 Å². The molecule has 0 saturated carbocycles. The van der Waals surface area contributed by atoms with E-state index in [1.807, 2.05) is 59.3 Å². The number of fused-ring (bicyclic) bond motifs is 1. The third-order valence-corrected chi connectivity index (χ3v) is 6.44. The second kappa shape index (κ2) is 10.2. The molecule has 2 aromatic carbocycles. The zero-order chi connectivity index (χ0) is 24.2. The number of carbonyl (C=O) groups is 1. The maximum absolute atomic E-state index is 13.1. The van der Waals surface area contributed by atoms with Crippen molar-refractivity contribution in [3.63, 3.8) is 0 Å². The fourth-order valence-corrected chi connectivity index (χ4v) is 4.46. The Morgan fingerprint density at radius 2 is 1.83 bits per heavy atom. The van der Waals surface area contributed by atoms with E-state index in [9.17, 15) is 4.79 Å². The number of imidazole rings is 1. The van der Waals surface area contributed by atoms with Crippen LogP contribution < -0.4 is 15.0 Å². The highest BCUT2D eigenvalue weighted by Crippen LogP contribution is 2.27. The number of para-hydroxylation sites is 2. The minimum Gasteiger partial charge on any atom is -0.487 e. The van der Waals surface area contributed by atoms with Gasteiger partial charge in [0.05, 0.1) is 17.1 Å². The highest BCUT2D eigenvalue weighted by atomic mass is 16.5. The van der Waals surface area contributed by atoms with E-state index in [4.69, 9.17) is 4.74 Å². The average molecular weight is 470 g/mol. The summed E-state index contributed by atoms with van der Waals surface area (Å²) in [5.41, 5.74) is 5.34. The number of amides is 1. The minimum absolute atomic E-state index is 0.154. The topological polar surface area (TPSA) is 62.1 Å². The van der Waals surface area contributed by atoms with Crippen molar-refractivity contribution < 1.29 is 9.53 Å². The first-order valence-corrected chi connectivity index (χ1v) is 12.1. The van der Waals surface area contributed by atoms with Crippen molar-refractivity contribution in [1.82, 2.24) is 14.3 Å². The van der Waals surface area contributed by atoms with Gasteiger partial charge in [-0.05, 0) is 55.4 Å². The van der Waals surface area contributed by atoms with Crippen LogP contribution in [0.5, 0.6) is 5.75 Å². The van der Waals surface area contributed by atoms with E-state index in [0.717, 1.165) is 55.4 Å². The number of hydrogen-bond acceptors (Lipinski definition) is 5. The molecule has 0 atom stereocenters. The van der Waals surface area contributed by atoms with E-state index in [-0.39, 0.29) is 5.91 Å². The van der Waals surface area contributed by atoms with E-state index in [1.54, 1.807) is 12.1 Å². The third-order valence-electron chi connectivity index (χ3n) is 6.44. The molecule has 0 aliphatic carbocycles. The van der Waals surface area contributed by atoms with Crippen molar-refractivity contribution in [3.8, 4) is 5.75 Å². The number of rotatable bonds is 7. The first-order chi connectivity index (χ1) is 17.1. The van der Waals surface area contributed by atoms with E-state index >= 15 is 0 Å². The molecule has 0 bridgehead atoms. The Kier molecular flexibility index (Phi) is 6.68. The molecule has 4 aromatic rings. The summed E-state index contributed by atoms with van der Waals surface area (Å²) in [5, 5.41) is 3.11. The molecule has 1 amide bonds. The Morgan fingerprint density at radius 3 is 2.66 bits per heavy atom. The fourth-order valence-electron chi connectivity index (χ4n) is 4.46. The molecule has 1 saturated heterocycles. The van der Waals surface area contributed by atoms with Crippen molar-refractivity contribution in [2.75, 3.05) is 42.9 Å². The number of nitrogens with zero attached hydrogens (tertiary/aromatic N) is 4. The first-order valence-electron chi connectivity index (χ1n) is 12.1. The number of piperazine rings is 1. The van der Waals surface area contributed by atoms with Crippen molar-refractivity contribution in [2.24, 2.45) is 0 Å². The monoisotopic (exact) mass is 469 g/mol. The summed E-state index contributed by atoms with van der Waals surface area (Å²) in [6.07, 6.45) is 4.01. The predicted octanol–water partition coefficient (Wildman–Crippen LogP) is 4.62. The lowest BCUT2D eigenvalue weighted by Gasteiger charge is -2.36. The molecule has 2 aromatic heterocycles. The van der Waals surface area contributed by atoms with Crippen LogP contribution in [0.3, 0.4) is 0 Å². The second-order valence-electron chi connectivity index (χ2n) is 8.91. The molecule has 1 aliphatic heterocycles. The number of benzene rings is 2. The normalized spacial score (nSPS) is 14.3. The highest BCUT2D eigenvalue weighted by molar-refractivity contribution is 6.06. The lowest BCUT2D eigenvalue weighted by molar-refractivity contribution is 0.102. The minimum atomic E-state index is -0.154. The van der Waals surface area contributed by atoms with Gasteiger partial charge in [0.1, 0.15) is 18.0 Å². The summed E-state index contributed by atoms with van der Waals surface area (Å²) >= 11 is 0. The van der Waals surface area contributed by atoms with Gasteiger partial charge in [-0.15, -0.1) is 0 Å². The molecule has 1 fully saturated rings. The van der Waals surface area contributed by atoms with Crippen molar-refractivity contribution in [3.05, 3.63) is 89.9 Å². The highest BCUT2D eigenvalue weighted by Gasteiger charge is 2.19. The van der Waals surface area contributed by atoms with Crippen molar-refractivity contribution in [2.45, 2.75) is 20.5 Å². The lowest BCUT2D eigenvalue weighted by atomic mass is 10.1. The van der Waals surface area contributed by atoms with Gasteiger partial charge < -0.3 is 24.3 Å². The molecule has 0 spiro atoms. The second-order valence-corrected chi connectivity index (χ2v) is 8.91. The Labute approximate surface area is 206 Å². The largest absolute Gasteiger partial charge is 0.487 e. The van der Waals surface area contributed by atoms with Crippen LogP contribution in [-0.2, 0) is 6.61 Å². The lowest BCUT2D eigenvalue weighted by Crippen LogP contribution is -2.46. The van der Waals surface area contributed by atoms with Gasteiger partial charge in [0, 0.05) is 44.1 Å². The number of aromatic nitrogens is 2. The van der Waals surface area contributed by atoms with Crippen LogP contribution in [0.15, 0.2) is 73.1 Å². The van der Waals surface area contributed by atoms with Crippen LogP contribution in [0.4, 0.5) is 11.4 Å². The number of hydrogen-bond donors (Lipinski definition) is 1. The summed E-state index contributed by atoms with van der Waals surface area (Å²) in [5.74, 6) is 0.480. The molecule has 3 heterocycles. The van der Waals surface area contributed by atoms with E-state index < -0.39 is 0 Å². The first kappa shape index (κ1) is 22.9. The number of carbonyl (C=O) groups excluding carboxylic acids is 1. The molecular weight excluding hydrogens is 438 g/mol. The average Bonchev–Trinajstić information content (AvgIpc) is 3.30. The molecule has 0 radical (unpaired) electrons. The Balaban J connectivity index is 1.25. The molecule has 5 rings (SSSR count). The standard InChI is InChI=1S/C28H31N5O2/c1-3-31-13-15-32(16-14-31)26-10-5-4-9-25(26)30-28(34)22-7-6-8-24(17-22)35-20-23-19-33-18-21(2)11-12-27(33)29-23/h4-12,17-19H,3,13-16,20H2,1-2H3,(H,30,34). The maximum atomic E-state index is 13.1. The van der Waals surface area contributed by atoms with Crippen LogP contribution in [-0.4, -0.2) is 52.9 Å². The van der Waals surface area contributed by atoms with Gasteiger partial charge in [0.15, 0.2) is 0 Å². The number of likely N-dealkylation sites (N-methyl/N-ethyl adjacent to an activating group) is 1. The van der Waals surface area contributed by atoms with Crippen LogP contribution >= 0.6 is 0 Å². The zero-order valence-electron chi connectivity index (χ0n) is 20.3. The van der Waals surface area contributed by atoms with Gasteiger partial charge >= 0.3 is 0 Å². The van der Waals surface area contributed by atoms with Crippen molar-refractivity contribution in [1.29, 1.82) is 0 Å². The smallest absolute Gasteiger partial charge is 0.255 e. The molecule has 0 unspecified atom stereocenters. The molecule has 7 nitrogen and oxygen atoms in total. The Morgan fingerprint density at radius 1 is 1.00 bits per heavy atom. The number of pyridine rings is 1. The number of aryl methyl sites for hydroxylation is 1. The van der Waals surface area contributed by atoms with E-state index in [1.165, 1.54) is 5.56 Å². The van der Waals surface area contributed by atoms with Crippen LogP contribution in [0, 0.1) is 6.92 Å². The van der Waals surface area contributed by atoms with Gasteiger partial charge in [-0.2, -0.15) is 0 Å². The van der Waals surface area contributed by atoms with Gasteiger partial charge in [0.2, 0.25) is 0 Å². The SMILES string of the molecule is CCN1CCN(c2ccccc2NC(=O)c2cccc(OCc3cn4cc(C)ccc4n3)c2)CC1. The molecule has 180 valence electrons. The fraction of sp³-hybridized carbons (Fsp3) is 0.286.